The van der Waals surface area contributed by atoms with Crippen molar-refractivity contribution < 1.29 is 0 Å². The molecule has 72 valence electrons. The average Bonchev–Trinajstić information content (AvgIpc) is 2.56. The fraction of sp³-hybridized carbons (Fsp3) is 0. The van der Waals surface area contributed by atoms with Gasteiger partial charge in [-0.25, -0.2) is 9.67 Å². The summed E-state index contributed by atoms with van der Waals surface area (Å²) in [6, 6.07) is 0. The predicted molar refractivity (Wildman–Crippen MR) is 53.6 cm³/mol. The molecule has 0 bridgehead atoms. The molecule has 0 radical (unpaired) electrons. The second-order valence-corrected chi connectivity index (χ2v) is 3.35. The van der Waals surface area contributed by atoms with Gasteiger partial charge in [-0.3, -0.25) is 0 Å². The molecule has 0 aliphatic heterocycles. The third-order valence-corrected chi connectivity index (χ3v) is 1.97. The highest BCUT2D eigenvalue weighted by Crippen LogP contribution is 2.18. The van der Waals surface area contributed by atoms with Crippen molar-refractivity contribution in [1.82, 2.24) is 19.7 Å². The second-order valence-electron chi connectivity index (χ2n) is 2.50. The number of halogens is 2. The topological polar surface area (TPSA) is 69.6 Å². The molecule has 2 N–H and O–H groups in total. The van der Waals surface area contributed by atoms with E-state index < -0.39 is 0 Å². The van der Waals surface area contributed by atoms with Crippen molar-refractivity contribution in [3.8, 4) is 5.82 Å². The van der Waals surface area contributed by atoms with Crippen molar-refractivity contribution in [3.63, 3.8) is 0 Å². The Kier molecular flexibility index (Phi) is 2.26. The average molecular weight is 230 g/mol. The van der Waals surface area contributed by atoms with E-state index in [1.54, 1.807) is 6.20 Å². The molecule has 2 rings (SSSR count). The highest BCUT2D eigenvalue weighted by atomic mass is 35.5. The maximum absolute atomic E-state index is 5.86. The number of nitrogen functional groups attached to an aromatic ring is 1. The normalized spacial score (nSPS) is 10.4. The highest BCUT2D eigenvalue weighted by Gasteiger charge is 2.07. The number of hydrogen-bond donors (Lipinski definition) is 1. The summed E-state index contributed by atoms with van der Waals surface area (Å²) in [6.45, 7) is 0. The molecule has 2 heterocycles. The fourth-order valence-corrected chi connectivity index (χ4v) is 1.26. The van der Waals surface area contributed by atoms with Gasteiger partial charge in [0, 0.05) is 0 Å². The van der Waals surface area contributed by atoms with Crippen molar-refractivity contribution in [1.29, 1.82) is 0 Å². The molecule has 0 saturated heterocycles. The quantitative estimate of drug-likeness (QED) is 0.806. The van der Waals surface area contributed by atoms with E-state index in [1.807, 2.05) is 0 Å². The van der Waals surface area contributed by atoms with Crippen molar-refractivity contribution >= 4 is 29.2 Å². The Bertz CT molecular complexity index is 467. The Balaban J connectivity index is 2.55. The minimum atomic E-state index is 0.135. The minimum Gasteiger partial charge on any atom is -0.368 e. The summed E-state index contributed by atoms with van der Waals surface area (Å²) < 4.78 is 1.43. The highest BCUT2D eigenvalue weighted by molar-refractivity contribution is 6.32. The van der Waals surface area contributed by atoms with Gasteiger partial charge in [-0.2, -0.15) is 10.1 Å². The van der Waals surface area contributed by atoms with Crippen LogP contribution in [0.2, 0.25) is 10.0 Å². The maximum atomic E-state index is 5.86. The third-order valence-electron chi connectivity index (χ3n) is 1.51. The van der Waals surface area contributed by atoms with Gasteiger partial charge in [-0.05, 0) is 0 Å². The molecular formula is C7H5Cl2N5. The van der Waals surface area contributed by atoms with E-state index in [0.717, 1.165) is 0 Å². The number of hydrogen-bond acceptors (Lipinski definition) is 4. The van der Waals surface area contributed by atoms with Crippen LogP contribution in [0.1, 0.15) is 0 Å². The summed E-state index contributed by atoms with van der Waals surface area (Å²) in [5.41, 5.74) is 5.42. The van der Waals surface area contributed by atoms with E-state index in [9.17, 15) is 0 Å². The first kappa shape index (κ1) is 9.23. The Morgan fingerprint density at radius 2 is 2.07 bits per heavy atom. The van der Waals surface area contributed by atoms with Gasteiger partial charge in [0.2, 0.25) is 5.95 Å². The lowest BCUT2D eigenvalue weighted by molar-refractivity contribution is 0.843. The number of anilines is 1. The summed E-state index contributed by atoms with van der Waals surface area (Å²) in [6.07, 6.45) is 4.47. The van der Waals surface area contributed by atoms with Crippen LogP contribution in [-0.2, 0) is 0 Å². The largest absolute Gasteiger partial charge is 0.368 e. The Morgan fingerprint density at radius 3 is 2.71 bits per heavy atom. The molecule has 0 aliphatic carbocycles. The van der Waals surface area contributed by atoms with Crippen LogP contribution in [0.4, 0.5) is 5.95 Å². The molecule has 0 fully saturated rings. The standard InChI is InChI=1S/C7H5Cl2N5/c8-4-1-12-14(3-4)6-5(9)2-11-7(10)13-6/h1-3H,(H2,10,11,13). The van der Waals surface area contributed by atoms with Crippen molar-refractivity contribution in [2.45, 2.75) is 0 Å². The lowest BCUT2D eigenvalue weighted by atomic mass is 10.6. The van der Waals surface area contributed by atoms with Gasteiger partial charge in [0.15, 0.2) is 5.82 Å². The van der Waals surface area contributed by atoms with Crippen LogP contribution in [0.25, 0.3) is 5.82 Å². The van der Waals surface area contributed by atoms with Crippen LogP contribution in [0.5, 0.6) is 0 Å². The summed E-state index contributed by atoms with van der Waals surface area (Å²) in [5.74, 6) is 0.544. The van der Waals surface area contributed by atoms with E-state index in [4.69, 9.17) is 28.9 Å². The molecule has 0 atom stereocenters. The van der Waals surface area contributed by atoms with Crippen LogP contribution in [0.3, 0.4) is 0 Å². The number of rotatable bonds is 1. The Hall–Kier alpha value is -1.33. The summed E-state index contributed by atoms with van der Waals surface area (Å²) in [7, 11) is 0. The van der Waals surface area contributed by atoms with Crippen LogP contribution in [0.15, 0.2) is 18.6 Å². The maximum Gasteiger partial charge on any atom is 0.222 e. The van der Waals surface area contributed by atoms with Crippen molar-refractivity contribution in [3.05, 3.63) is 28.6 Å². The smallest absolute Gasteiger partial charge is 0.222 e. The SMILES string of the molecule is Nc1ncc(Cl)c(-n2cc(Cl)cn2)n1. The first-order valence-electron chi connectivity index (χ1n) is 3.65. The van der Waals surface area contributed by atoms with Crippen LogP contribution >= 0.6 is 23.2 Å². The third kappa shape index (κ3) is 1.64. The van der Waals surface area contributed by atoms with E-state index in [1.165, 1.54) is 17.1 Å². The molecule has 5 nitrogen and oxygen atoms in total. The molecule has 7 heteroatoms. The second kappa shape index (κ2) is 3.43. The summed E-state index contributed by atoms with van der Waals surface area (Å²) >= 11 is 11.6. The van der Waals surface area contributed by atoms with Crippen LogP contribution < -0.4 is 5.73 Å². The molecule has 0 unspecified atom stereocenters. The predicted octanol–water partition coefficient (Wildman–Crippen LogP) is 1.55. The zero-order valence-electron chi connectivity index (χ0n) is 6.85. The summed E-state index contributed by atoms with van der Waals surface area (Å²) in [4.78, 5) is 7.67. The number of aromatic nitrogens is 4. The lowest BCUT2D eigenvalue weighted by Crippen LogP contribution is -2.03. The van der Waals surface area contributed by atoms with Gasteiger partial charge in [-0.1, -0.05) is 23.2 Å². The minimum absolute atomic E-state index is 0.135. The van der Waals surface area contributed by atoms with Gasteiger partial charge < -0.3 is 5.73 Å². The monoisotopic (exact) mass is 229 g/mol. The van der Waals surface area contributed by atoms with Gasteiger partial charge in [0.25, 0.3) is 0 Å². The van der Waals surface area contributed by atoms with Crippen LogP contribution in [0, 0.1) is 0 Å². The van der Waals surface area contributed by atoms with Crippen LogP contribution in [-0.4, -0.2) is 19.7 Å². The van der Waals surface area contributed by atoms with Gasteiger partial charge in [-0.15, -0.1) is 0 Å². The van der Waals surface area contributed by atoms with E-state index >= 15 is 0 Å². The van der Waals surface area contributed by atoms with Gasteiger partial charge >= 0.3 is 0 Å². The van der Waals surface area contributed by atoms with Crippen molar-refractivity contribution in [2.75, 3.05) is 5.73 Å². The van der Waals surface area contributed by atoms with E-state index in [0.29, 0.717) is 15.9 Å². The number of nitrogens with two attached hydrogens (primary N) is 1. The molecular weight excluding hydrogens is 225 g/mol. The molecule has 2 aromatic rings. The first-order chi connectivity index (χ1) is 6.66. The first-order valence-corrected chi connectivity index (χ1v) is 4.41. The summed E-state index contributed by atoms with van der Waals surface area (Å²) in [5, 5.41) is 4.80. The molecule has 0 spiro atoms. The van der Waals surface area contributed by atoms with Gasteiger partial charge in [0.1, 0.15) is 5.02 Å². The molecule has 0 aromatic carbocycles. The van der Waals surface area contributed by atoms with Gasteiger partial charge in [0.05, 0.1) is 23.6 Å². The van der Waals surface area contributed by atoms with Crippen molar-refractivity contribution in [2.24, 2.45) is 0 Å². The molecule has 0 amide bonds. The fourth-order valence-electron chi connectivity index (χ4n) is 0.949. The molecule has 14 heavy (non-hydrogen) atoms. The molecule has 0 saturated carbocycles. The Labute approximate surface area is 89.5 Å². The Morgan fingerprint density at radius 1 is 1.29 bits per heavy atom. The lowest BCUT2D eigenvalue weighted by Gasteiger charge is -2.02. The zero-order chi connectivity index (χ0) is 10.1. The molecule has 2 aromatic heterocycles. The van der Waals surface area contributed by atoms with E-state index in [-0.39, 0.29) is 5.95 Å². The molecule has 0 aliphatic rings. The van der Waals surface area contributed by atoms with E-state index in [2.05, 4.69) is 15.1 Å². The number of nitrogens with zero attached hydrogens (tertiary/aromatic N) is 4. The zero-order valence-corrected chi connectivity index (χ0v) is 8.37.